The van der Waals surface area contributed by atoms with Gasteiger partial charge in [0.15, 0.2) is 0 Å². The Morgan fingerprint density at radius 2 is 1.39 bits per heavy atom. The molecule has 6 nitrogen and oxygen atoms in total. The molecule has 0 spiro atoms. The zero-order chi connectivity index (χ0) is 16.1. The Kier molecular flexibility index (Phi) is 5.72. The van der Waals surface area contributed by atoms with Gasteiger partial charge in [0, 0.05) is 58.9 Å². The van der Waals surface area contributed by atoms with Crippen molar-refractivity contribution in [3.05, 3.63) is 23.8 Å². The minimum absolute atomic E-state index is 0.668. The second kappa shape index (κ2) is 7.97. The van der Waals surface area contributed by atoms with Crippen LogP contribution in [0.1, 0.15) is 5.56 Å². The van der Waals surface area contributed by atoms with E-state index < -0.39 is 0 Å². The van der Waals surface area contributed by atoms with E-state index in [0.29, 0.717) is 11.4 Å². The average molecular weight is 319 g/mol. The second-order valence-corrected chi connectivity index (χ2v) is 6.54. The lowest BCUT2D eigenvalue weighted by Crippen LogP contribution is -2.49. The zero-order valence-electron chi connectivity index (χ0n) is 13.9. The van der Waals surface area contributed by atoms with Crippen LogP contribution in [0.25, 0.3) is 0 Å². The van der Waals surface area contributed by atoms with Gasteiger partial charge in [-0.25, -0.2) is 0 Å². The fourth-order valence-corrected chi connectivity index (χ4v) is 3.26. The summed E-state index contributed by atoms with van der Waals surface area (Å²) in [7, 11) is 0. The van der Waals surface area contributed by atoms with Crippen LogP contribution in [-0.2, 0) is 11.3 Å². The predicted molar refractivity (Wildman–Crippen MR) is 94.2 cm³/mol. The number of rotatable bonds is 5. The Bertz CT molecular complexity index is 496. The fraction of sp³-hybridized carbons (Fsp3) is 0.647. The Hall–Kier alpha value is -1.34. The molecule has 23 heavy (non-hydrogen) atoms. The zero-order valence-corrected chi connectivity index (χ0v) is 13.9. The van der Waals surface area contributed by atoms with Crippen molar-refractivity contribution in [2.24, 2.45) is 0 Å². The number of piperazine rings is 1. The number of anilines is 2. The van der Waals surface area contributed by atoms with Gasteiger partial charge in [0.05, 0.1) is 24.6 Å². The highest BCUT2D eigenvalue weighted by Gasteiger charge is 2.18. The molecule has 3 rings (SSSR count). The normalized spacial score (nSPS) is 21.6. The molecule has 0 aromatic heterocycles. The SMILES string of the molecule is Nc1ccc(CN2CCN(CCN3CCOCC3)CC2)cc1N. The maximum absolute atomic E-state index is 5.89. The first-order valence-electron chi connectivity index (χ1n) is 8.59. The third-order valence-electron chi connectivity index (χ3n) is 4.86. The molecule has 1 aromatic rings. The van der Waals surface area contributed by atoms with Crippen LogP contribution in [0.2, 0.25) is 0 Å². The van der Waals surface area contributed by atoms with Crippen LogP contribution < -0.4 is 11.5 Å². The Balaban J connectivity index is 1.38. The Morgan fingerprint density at radius 1 is 0.783 bits per heavy atom. The van der Waals surface area contributed by atoms with E-state index in [9.17, 15) is 0 Å². The van der Waals surface area contributed by atoms with Gasteiger partial charge in [-0.3, -0.25) is 14.7 Å². The predicted octanol–water partition coefficient (Wildman–Crippen LogP) is 0.301. The molecule has 128 valence electrons. The molecule has 2 aliphatic rings. The highest BCUT2D eigenvalue weighted by molar-refractivity contribution is 5.63. The lowest BCUT2D eigenvalue weighted by atomic mass is 10.1. The molecule has 0 aliphatic carbocycles. The smallest absolute Gasteiger partial charge is 0.0594 e. The van der Waals surface area contributed by atoms with Gasteiger partial charge < -0.3 is 16.2 Å². The molecular formula is C17H29N5O. The minimum Gasteiger partial charge on any atom is -0.397 e. The summed E-state index contributed by atoms with van der Waals surface area (Å²) in [4.78, 5) is 7.58. The number of morpholine rings is 1. The third-order valence-corrected chi connectivity index (χ3v) is 4.86. The summed E-state index contributed by atoms with van der Waals surface area (Å²) >= 11 is 0. The van der Waals surface area contributed by atoms with Gasteiger partial charge in [-0.15, -0.1) is 0 Å². The van der Waals surface area contributed by atoms with E-state index in [4.69, 9.17) is 16.2 Å². The van der Waals surface area contributed by atoms with Crippen LogP contribution in [0.5, 0.6) is 0 Å². The molecule has 4 N–H and O–H groups in total. The van der Waals surface area contributed by atoms with Crippen LogP contribution in [0.3, 0.4) is 0 Å². The van der Waals surface area contributed by atoms with Crippen molar-refractivity contribution >= 4 is 11.4 Å². The molecule has 0 amide bonds. The van der Waals surface area contributed by atoms with Crippen molar-refractivity contribution in [3.8, 4) is 0 Å². The van der Waals surface area contributed by atoms with Gasteiger partial charge in [-0.2, -0.15) is 0 Å². The number of benzene rings is 1. The summed E-state index contributed by atoms with van der Waals surface area (Å²) in [6, 6.07) is 5.99. The molecule has 0 atom stereocenters. The van der Waals surface area contributed by atoms with E-state index >= 15 is 0 Å². The van der Waals surface area contributed by atoms with E-state index in [0.717, 1.165) is 65.6 Å². The molecule has 1 aromatic carbocycles. The van der Waals surface area contributed by atoms with Crippen LogP contribution in [-0.4, -0.2) is 80.3 Å². The van der Waals surface area contributed by atoms with E-state index in [2.05, 4.69) is 20.8 Å². The number of nitrogens with zero attached hydrogens (tertiary/aromatic N) is 3. The molecule has 0 radical (unpaired) electrons. The van der Waals surface area contributed by atoms with Crippen LogP contribution >= 0.6 is 0 Å². The largest absolute Gasteiger partial charge is 0.397 e. The van der Waals surface area contributed by atoms with Crippen molar-refractivity contribution in [2.75, 3.05) is 77.0 Å². The van der Waals surface area contributed by atoms with Crippen molar-refractivity contribution in [3.63, 3.8) is 0 Å². The van der Waals surface area contributed by atoms with E-state index in [-0.39, 0.29) is 0 Å². The van der Waals surface area contributed by atoms with Crippen LogP contribution in [0.15, 0.2) is 18.2 Å². The summed E-state index contributed by atoms with van der Waals surface area (Å²) in [6.07, 6.45) is 0. The first-order chi connectivity index (χ1) is 11.2. The van der Waals surface area contributed by atoms with E-state index in [1.807, 2.05) is 12.1 Å². The quantitative estimate of drug-likeness (QED) is 0.761. The highest BCUT2D eigenvalue weighted by Crippen LogP contribution is 2.18. The maximum atomic E-state index is 5.89. The summed E-state index contributed by atoms with van der Waals surface area (Å²) in [5.41, 5.74) is 14.3. The number of nitrogens with two attached hydrogens (primary N) is 2. The fourth-order valence-electron chi connectivity index (χ4n) is 3.26. The van der Waals surface area contributed by atoms with Crippen molar-refractivity contribution in [2.45, 2.75) is 6.54 Å². The number of nitrogen functional groups attached to an aromatic ring is 2. The Morgan fingerprint density at radius 3 is 2.04 bits per heavy atom. The van der Waals surface area contributed by atoms with Gasteiger partial charge in [0.25, 0.3) is 0 Å². The molecular weight excluding hydrogens is 290 g/mol. The van der Waals surface area contributed by atoms with E-state index in [1.54, 1.807) is 0 Å². The minimum atomic E-state index is 0.668. The van der Waals surface area contributed by atoms with E-state index in [1.165, 1.54) is 12.1 Å². The van der Waals surface area contributed by atoms with Crippen molar-refractivity contribution in [1.82, 2.24) is 14.7 Å². The van der Waals surface area contributed by atoms with Crippen molar-refractivity contribution in [1.29, 1.82) is 0 Å². The lowest BCUT2D eigenvalue weighted by molar-refractivity contribution is 0.0297. The summed E-state index contributed by atoms with van der Waals surface area (Å²) in [6.45, 7) is 11.8. The van der Waals surface area contributed by atoms with Crippen LogP contribution in [0, 0.1) is 0 Å². The first-order valence-corrected chi connectivity index (χ1v) is 8.59. The van der Waals surface area contributed by atoms with Gasteiger partial charge in [-0.05, 0) is 17.7 Å². The monoisotopic (exact) mass is 319 g/mol. The topological polar surface area (TPSA) is 71.0 Å². The highest BCUT2D eigenvalue weighted by atomic mass is 16.5. The van der Waals surface area contributed by atoms with Gasteiger partial charge >= 0.3 is 0 Å². The lowest BCUT2D eigenvalue weighted by Gasteiger charge is -2.36. The Labute approximate surface area is 139 Å². The molecule has 2 heterocycles. The molecule has 2 saturated heterocycles. The maximum Gasteiger partial charge on any atom is 0.0594 e. The second-order valence-electron chi connectivity index (χ2n) is 6.54. The van der Waals surface area contributed by atoms with Crippen LogP contribution in [0.4, 0.5) is 11.4 Å². The number of ether oxygens (including phenoxy) is 1. The summed E-state index contributed by atoms with van der Waals surface area (Å²) < 4.78 is 5.40. The molecule has 2 aliphatic heterocycles. The molecule has 2 fully saturated rings. The molecule has 0 saturated carbocycles. The summed E-state index contributed by atoms with van der Waals surface area (Å²) in [5, 5.41) is 0. The van der Waals surface area contributed by atoms with Gasteiger partial charge in [-0.1, -0.05) is 6.07 Å². The first kappa shape index (κ1) is 16.5. The molecule has 6 heteroatoms. The van der Waals surface area contributed by atoms with Gasteiger partial charge in [0.1, 0.15) is 0 Å². The average Bonchev–Trinajstić information content (AvgIpc) is 2.58. The third kappa shape index (κ3) is 4.81. The van der Waals surface area contributed by atoms with Crippen molar-refractivity contribution < 1.29 is 4.74 Å². The van der Waals surface area contributed by atoms with Gasteiger partial charge in [0.2, 0.25) is 0 Å². The number of hydrogen-bond donors (Lipinski definition) is 2. The molecule has 0 bridgehead atoms. The standard InChI is InChI=1S/C17H29N5O/c18-16-2-1-15(13-17(16)19)14-22-7-5-20(6-8-22)3-4-21-9-11-23-12-10-21/h1-2,13H,3-12,14,18-19H2. The number of hydrogen-bond acceptors (Lipinski definition) is 6. The summed E-state index contributed by atoms with van der Waals surface area (Å²) in [5.74, 6) is 0. The molecule has 0 unspecified atom stereocenters.